The first-order chi connectivity index (χ1) is 11.5. The molecule has 24 heavy (non-hydrogen) atoms. The highest BCUT2D eigenvalue weighted by atomic mass is 16.3. The van der Waals surface area contributed by atoms with Crippen LogP contribution in [0.15, 0.2) is 48.7 Å². The van der Waals surface area contributed by atoms with Crippen molar-refractivity contribution >= 4 is 22.4 Å². The summed E-state index contributed by atoms with van der Waals surface area (Å²) in [6.45, 7) is 1.79. The fourth-order valence-corrected chi connectivity index (χ4v) is 2.94. The van der Waals surface area contributed by atoms with Crippen molar-refractivity contribution in [2.75, 3.05) is 19.0 Å². The molecule has 4 rings (SSSR count). The SMILES string of the molecule is Cc1nc2cnc3cc(-c4ccc(N(C)C)cc4)ccc3n2c1O. The molecule has 0 unspecified atom stereocenters. The Morgan fingerprint density at radius 1 is 1.00 bits per heavy atom. The Labute approximate surface area is 139 Å². The van der Waals surface area contributed by atoms with Gasteiger partial charge in [0.25, 0.3) is 0 Å². The Kier molecular flexibility index (Phi) is 3.16. The Hall–Kier alpha value is -3.08. The number of aromatic nitrogens is 3. The molecule has 0 spiro atoms. The van der Waals surface area contributed by atoms with E-state index < -0.39 is 0 Å². The minimum Gasteiger partial charge on any atom is -0.493 e. The first-order valence-corrected chi connectivity index (χ1v) is 7.79. The normalized spacial score (nSPS) is 11.3. The highest BCUT2D eigenvalue weighted by Gasteiger charge is 2.11. The number of anilines is 1. The van der Waals surface area contributed by atoms with Gasteiger partial charge in [-0.25, -0.2) is 4.98 Å². The monoisotopic (exact) mass is 318 g/mol. The molecule has 0 aliphatic heterocycles. The van der Waals surface area contributed by atoms with Crippen molar-refractivity contribution < 1.29 is 5.11 Å². The molecule has 120 valence electrons. The van der Waals surface area contributed by atoms with Crippen LogP contribution >= 0.6 is 0 Å². The molecule has 0 atom stereocenters. The molecule has 0 amide bonds. The Morgan fingerprint density at radius 3 is 2.42 bits per heavy atom. The number of benzene rings is 2. The summed E-state index contributed by atoms with van der Waals surface area (Å²) in [7, 11) is 4.06. The van der Waals surface area contributed by atoms with E-state index in [1.807, 2.05) is 32.3 Å². The first-order valence-electron chi connectivity index (χ1n) is 7.79. The van der Waals surface area contributed by atoms with Crippen molar-refractivity contribution in [1.29, 1.82) is 0 Å². The molecule has 0 aliphatic rings. The smallest absolute Gasteiger partial charge is 0.219 e. The lowest BCUT2D eigenvalue weighted by Gasteiger charge is -2.13. The number of imidazole rings is 1. The van der Waals surface area contributed by atoms with Gasteiger partial charge >= 0.3 is 0 Å². The summed E-state index contributed by atoms with van der Waals surface area (Å²) >= 11 is 0. The minimum absolute atomic E-state index is 0.167. The third-order valence-corrected chi connectivity index (χ3v) is 4.30. The molecule has 2 aromatic carbocycles. The molecule has 0 radical (unpaired) electrons. The van der Waals surface area contributed by atoms with Crippen LogP contribution in [0.25, 0.3) is 27.8 Å². The number of hydrogen-bond acceptors (Lipinski definition) is 4. The molecule has 0 saturated carbocycles. The van der Waals surface area contributed by atoms with Crippen molar-refractivity contribution in [3.05, 3.63) is 54.4 Å². The van der Waals surface area contributed by atoms with E-state index in [1.165, 1.54) is 0 Å². The molecule has 5 nitrogen and oxygen atoms in total. The highest BCUT2D eigenvalue weighted by molar-refractivity contribution is 5.84. The zero-order valence-electron chi connectivity index (χ0n) is 13.9. The van der Waals surface area contributed by atoms with Gasteiger partial charge in [0.1, 0.15) is 5.69 Å². The van der Waals surface area contributed by atoms with Crippen LogP contribution in [0.1, 0.15) is 5.69 Å². The molecular formula is C19H18N4O. The van der Waals surface area contributed by atoms with Crippen LogP contribution in [0.3, 0.4) is 0 Å². The van der Waals surface area contributed by atoms with E-state index in [4.69, 9.17) is 0 Å². The van der Waals surface area contributed by atoms with Crippen LogP contribution in [-0.4, -0.2) is 33.6 Å². The van der Waals surface area contributed by atoms with Gasteiger partial charge in [0.15, 0.2) is 5.65 Å². The quantitative estimate of drug-likeness (QED) is 0.613. The molecule has 0 aliphatic carbocycles. The second-order valence-corrected chi connectivity index (χ2v) is 6.12. The van der Waals surface area contributed by atoms with Crippen LogP contribution < -0.4 is 4.90 Å². The van der Waals surface area contributed by atoms with Crippen molar-refractivity contribution in [3.63, 3.8) is 0 Å². The number of aromatic hydroxyl groups is 1. The van der Waals surface area contributed by atoms with Crippen LogP contribution in [-0.2, 0) is 0 Å². The summed E-state index contributed by atoms with van der Waals surface area (Å²) < 4.78 is 1.73. The molecule has 1 N–H and O–H groups in total. The molecule has 2 aromatic heterocycles. The van der Waals surface area contributed by atoms with E-state index in [1.54, 1.807) is 17.5 Å². The van der Waals surface area contributed by atoms with Gasteiger partial charge in [0, 0.05) is 19.8 Å². The average Bonchev–Trinajstić information content (AvgIpc) is 2.89. The van der Waals surface area contributed by atoms with Gasteiger partial charge in [0.05, 0.1) is 17.2 Å². The van der Waals surface area contributed by atoms with E-state index in [-0.39, 0.29) is 5.88 Å². The minimum atomic E-state index is 0.167. The molecule has 2 heterocycles. The van der Waals surface area contributed by atoms with Gasteiger partial charge in [-0.15, -0.1) is 0 Å². The lowest BCUT2D eigenvalue weighted by molar-refractivity contribution is 0.446. The van der Waals surface area contributed by atoms with Crippen molar-refractivity contribution in [3.8, 4) is 17.0 Å². The summed E-state index contributed by atoms with van der Waals surface area (Å²) in [4.78, 5) is 10.9. The van der Waals surface area contributed by atoms with Crippen molar-refractivity contribution in [2.45, 2.75) is 6.92 Å². The third kappa shape index (κ3) is 2.17. The molecule has 5 heteroatoms. The number of rotatable bonds is 2. The topological polar surface area (TPSA) is 53.7 Å². The van der Waals surface area contributed by atoms with Crippen molar-refractivity contribution in [2.24, 2.45) is 0 Å². The van der Waals surface area contributed by atoms with Gasteiger partial charge in [-0.05, 0) is 42.3 Å². The Bertz CT molecular complexity index is 1050. The predicted molar refractivity (Wildman–Crippen MR) is 96.7 cm³/mol. The maximum Gasteiger partial charge on any atom is 0.219 e. The first kappa shape index (κ1) is 14.5. The summed E-state index contributed by atoms with van der Waals surface area (Å²) in [6.07, 6.45) is 1.69. The summed E-state index contributed by atoms with van der Waals surface area (Å²) in [5.41, 5.74) is 6.32. The van der Waals surface area contributed by atoms with Crippen molar-refractivity contribution in [1.82, 2.24) is 14.4 Å². The van der Waals surface area contributed by atoms with E-state index in [0.29, 0.717) is 11.3 Å². The number of fused-ring (bicyclic) bond motifs is 3. The zero-order valence-corrected chi connectivity index (χ0v) is 13.9. The zero-order chi connectivity index (χ0) is 16.8. The van der Waals surface area contributed by atoms with E-state index >= 15 is 0 Å². The van der Waals surface area contributed by atoms with Crippen LogP contribution in [0.2, 0.25) is 0 Å². The van der Waals surface area contributed by atoms with Gasteiger partial charge in [-0.2, -0.15) is 0 Å². The summed E-state index contributed by atoms with van der Waals surface area (Å²) in [6, 6.07) is 14.5. The summed E-state index contributed by atoms with van der Waals surface area (Å²) in [5.74, 6) is 0.167. The largest absolute Gasteiger partial charge is 0.493 e. The van der Waals surface area contributed by atoms with Crippen LogP contribution in [0.4, 0.5) is 5.69 Å². The van der Waals surface area contributed by atoms with Gasteiger partial charge in [0.2, 0.25) is 5.88 Å². The van der Waals surface area contributed by atoms with E-state index in [2.05, 4.69) is 39.1 Å². The van der Waals surface area contributed by atoms with Gasteiger partial charge in [-0.3, -0.25) is 9.38 Å². The Morgan fingerprint density at radius 2 is 1.71 bits per heavy atom. The third-order valence-electron chi connectivity index (χ3n) is 4.30. The molecular weight excluding hydrogens is 300 g/mol. The second kappa shape index (κ2) is 5.23. The molecule has 0 fully saturated rings. The summed E-state index contributed by atoms with van der Waals surface area (Å²) in [5, 5.41) is 10.2. The van der Waals surface area contributed by atoms with Crippen LogP contribution in [0.5, 0.6) is 5.88 Å². The fourth-order valence-electron chi connectivity index (χ4n) is 2.94. The standard InChI is InChI=1S/C19H18N4O/c1-12-19(24)23-17-9-6-14(10-16(17)20-11-18(23)21-12)13-4-7-15(8-5-13)22(2)3/h4-11,24H,1-3H3. The van der Waals surface area contributed by atoms with Crippen LogP contribution in [0, 0.1) is 6.92 Å². The average molecular weight is 318 g/mol. The predicted octanol–water partition coefficient (Wildman–Crippen LogP) is 3.63. The molecule has 4 aromatic rings. The van der Waals surface area contributed by atoms with Gasteiger partial charge in [-0.1, -0.05) is 18.2 Å². The number of aryl methyl sites for hydroxylation is 1. The lowest BCUT2D eigenvalue weighted by Crippen LogP contribution is -2.07. The highest BCUT2D eigenvalue weighted by Crippen LogP contribution is 2.28. The number of nitrogens with zero attached hydrogens (tertiary/aromatic N) is 4. The second-order valence-electron chi connectivity index (χ2n) is 6.12. The maximum absolute atomic E-state index is 10.2. The molecule has 0 saturated heterocycles. The fraction of sp³-hybridized carbons (Fsp3) is 0.158. The lowest BCUT2D eigenvalue weighted by atomic mass is 10.0. The van der Waals surface area contributed by atoms with E-state index in [9.17, 15) is 5.11 Å². The Balaban J connectivity index is 1.86. The maximum atomic E-state index is 10.2. The molecule has 0 bridgehead atoms. The van der Waals surface area contributed by atoms with E-state index in [0.717, 1.165) is 27.8 Å². The number of hydrogen-bond donors (Lipinski definition) is 1. The van der Waals surface area contributed by atoms with Gasteiger partial charge < -0.3 is 10.0 Å².